The number of fused-ring (bicyclic) bond motifs is 1. The number of imidazole rings is 1. The Hall–Kier alpha value is -3.77. The maximum atomic E-state index is 13.3. The molecule has 1 aliphatic rings. The van der Waals surface area contributed by atoms with Crippen LogP contribution in [0.3, 0.4) is 0 Å². The molecule has 4 aromatic heterocycles. The van der Waals surface area contributed by atoms with Crippen LogP contribution in [0.4, 0.5) is 4.39 Å². The number of pyridine rings is 2. The van der Waals surface area contributed by atoms with Gasteiger partial charge in [-0.25, -0.2) is 9.37 Å². The maximum Gasteiger partial charge on any atom is 0.201 e. The van der Waals surface area contributed by atoms with E-state index in [0.29, 0.717) is 29.0 Å². The summed E-state index contributed by atoms with van der Waals surface area (Å²) in [7, 11) is 0. The van der Waals surface area contributed by atoms with Crippen LogP contribution in [0.25, 0.3) is 16.8 Å². The number of piperidine rings is 1. The molecule has 1 saturated heterocycles. The zero-order valence-electron chi connectivity index (χ0n) is 18.5. The SMILES string of the molecule is Cc1c(-c2cc(OC(C)c3ccc(F)cn3)n3c(C#N)cnc3c2)cnn1C1CCNCC1. The topological polar surface area (TPSA) is 93.1 Å². The van der Waals surface area contributed by atoms with Gasteiger partial charge < -0.3 is 10.1 Å². The van der Waals surface area contributed by atoms with Gasteiger partial charge in [0, 0.05) is 17.3 Å². The average molecular weight is 446 g/mol. The molecule has 1 fully saturated rings. The highest BCUT2D eigenvalue weighted by atomic mass is 19.1. The smallest absolute Gasteiger partial charge is 0.201 e. The quantitative estimate of drug-likeness (QED) is 0.500. The number of hydrogen-bond donors (Lipinski definition) is 1. The summed E-state index contributed by atoms with van der Waals surface area (Å²) in [6.07, 6.45) is 6.20. The van der Waals surface area contributed by atoms with Crippen molar-refractivity contribution in [2.45, 2.75) is 38.8 Å². The summed E-state index contributed by atoms with van der Waals surface area (Å²) in [6.45, 7) is 5.89. The van der Waals surface area contributed by atoms with Crippen LogP contribution in [-0.4, -0.2) is 37.2 Å². The molecule has 0 saturated carbocycles. The Morgan fingerprint density at radius 3 is 2.73 bits per heavy atom. The molecule has 9 heteroatoms. The lowest BCUT2D eigenvalue weighted by Gasteiger charge is -2.24. The van der Waals surface area contributed by atoms with Crippen LogP contribution in [0.15, 0.2) is 42.9 Å². The van der Waals surface area contributed by atoms with Crippen LogP contribution >= 0.6 is 0 Å². The van der Waals surface area contributed by atoms with E-state index >= 15 is 0 Å². The van der Waals surface area contributed by atoms with E-state index in [-0.39, 0.29) is 0 Å². The van der Waals surface area contributed by atoms with Gasteiger partial charge in [0.15, 0.2) is 0 Å². The molecule has 1 atom stereocenters. The molecule has 0 amide bonds. The Balaban J connectivity index is 1.55. The van der Waals surface area contributed by atoms with Crippen molar-refractivity contribution in [2.24, 2.45) is 0 Å². The van der Waals surface area contributed by atoms with Crippen molar-refractivity contribution >= 4 is 5.65 Å². The first-order valence-electron chi connectivity index (χ1n) is 11.0. The normalized spacial score (nSPS) is 15.5. The number of aromatic nitrogens is 5. The van der Waals surface area contributed by atoms with E-state index in [4.69, 9.17) is 4.74 Å². The Morgan fingerprint density at radius 2 is 2.00 bits per heavy atom. The fourth-order valence-corrected chi connectivity index (χ4v) is 4.39. The van der Waals surface area contributed by atoms with Gasteiger partial charge in [-0.3, -0.25) is 14.1 Å². The lowest BCUT2D eigenvalue weighted by molar-refractivity contribution is 0.209. The Bertz CT molecular complexity index is 1330. The summed E-state index contributed by atoms with van der Waals surface area (Å²) in [5, 5.41) is 17.6. The van der Waals surface area contributed by atoms with Gasteiger partial charge in [-0.15, -0.1) is 0 Å². The Labute approximate surface area is 190 Å². The minimum Gasteiger partial charge on any atom is -0.469 e. The molecule has 0 radical (unpaired) electrons. The number of rotatable bonds is 5. The standard InChI is InChI=1S/C24H24FN7O/c1-15-21(14-30-32(15)19-5-7-27-8-6-19)17-9-23-29-13-20(11-26)31(23)24(10-17)33-16(2)22-4-3-18(25)12-28-22/h3-4,9-10,12-14,16,19,27H,5-8H2,1-2H3. The summed E-state index contributed by atoms with van der Waals surface area (Å²) < 4.78 is 23.3. The van der Waals surface area contributed by atoms with E-state index in [2.05, 4.69) is 38.1 Å². The lowest BCUT2D eigenvalue weighted by atomic mass is 10.1. The molecule has 8 nitrogen and oxygen atoms in total. The van der Waals surface area contributed by atoms with Gasteiger partial charge >= 0.3 is 0 Å². The molecule has 0 aliphatic carbocycles. The zero-order valence-corrected chi connectivity index (χ0v) is 18.5. The highest BCUT2D eigenvalue weighted by molar-refractivity contribution is 5.71. The number of nitrogens with one attached hydrogen (secondary N) is 1. The third-order valence-electron chi connectivity index (χ3n) is 6.16. The molecule has 4 aromatic rings. The molecule has 0 bridgehead atoms. The van der Waals surface area contributed by atoms with Crippen LogP contribution in [0.5, 0.6) is 5.88 Å². The molecular weight excluding hydrogens is 421 g/mol. The molecule has 1 N–H and O–H groups in total. The van der Waals surface area contributed by atoms with E-state index in [1.54, 1.807) is 10.5 Å². The second kappa shape index (κ2) is 8.64. The van der Waals surface area contributed by atoms with Gasteiger partial charge in [0.25, 0.3) is 0 Å². The van der Waals surface area contributed by atoms with Gasteiger partial charge in [-0.1, -0.05) is 0 Å². The molecule has 5 rings (SSSR count). The summed E-state index contributed by atoms with van der Waals surface area (Å²) in [4.78, 5) is 8.54. The van der Waals surface area contributed by atoms with E-state index in [9.17, 15) is 9.65 Å². The molecule has 168 valence electrons. The van der Waals surface area contributed by atoms with E-state index < -0.39 is 11.9 Å². The van der Waals surface area contributed by atoms with Crippen LogP contribution in [-0.2, 0) is 0 Å². The number of nitrogens with zero attached hydrogens (tertiary/aromatic N) is 6. The molecular formula is C24H24FN7O. The summed E-state index contributed by atoms with van der Waals surface area (Å²) in [6, 6.07) is 9.31. The second-order valence-electron chi connectivity index (χ2n) is 8.26. The van der Waals surface area contributed by atoms with Crippen molar-refractivity contribution in [3.63, 3.8) is 0 Å². The summed E-state index contributed by atoms with van der Waals surface area (Å²) >= 11 is 0. The molecule has 0 aromatic carbocycles. The Kier molecular flexibility index (Phi) is 5.52. The maximum absolute atomic E-state index is 13.3. The third-order valence-corrected chi connectivity index (χ3v) is 6.16. The second-order valence-corrected chi connectivity index (χ2v) is 8.26. The van der Waals surface area contributed by atoms with Crippen molar-refractivity contribution in [2.75, 3.05) is 13.1 Å². The van der Waals surface area contributed by atoms with Crippen molar-refractivity contribution in [1.29, 1.82) is 5.26 Å². The fourth-order valence-electron chi connectivity index (χ4n) is 4.39. The zero-order chi connectivity index (χ0) is 22.9. The third kappa shape index (κ3) is 3.94. The number of ether oxygens (including phenoxy) is 1. The molecule has 0 spiro atoms. The largest absolute Gasteiger partial charge is 0.469 e. The van der Waals surface area contributed by atoms with Gasteiger partial charge in [0.1, 0.15) is 29.3 Å². The fraction of sp³-hybridized carbons (Fsp3) is 0.333. The van der Waals surface area contributed by atoms with Crippen molar-refractivity contribution in [3.05, 3.63) is 65.8 Å². The first-order chi connectivity index (χ1) is 16.0. The van der Waals surface area contributed by atoms with Crippen molar-refractivity contribution in [1.82, 2.24) is 29.5 Å². The van der Waals surface area contributed by atoms with Gasteiger partial charge in [-0.2, -0.15) is 10.4 Å². The number of halogens is 1. The van der Waals surface area contributed by atoms with Crippen LogP contribution in [0.2, 0.25) is 0 Å². The van der Waals surface area contributed by atoms with Crippen molar-refractivity contribution < 1.29 is 9.13 Å². The monoisotopic (exact) mass is 445 g/mol. The highest BCUT2D eigenvalue weighted by Crippen LogP contribution is 2.33. The summed E-state index contributed by atoms with van der Waals surface area (Å²) in [5.74, 6) is 0.0575. The van der Waals surface area contributed by atoms with Gasteiger partial charge in [0.2, 0.25) is 5.88 Å². The van der Waals surface area contributed by atoms with Crippen LogP contribution in [0, 0.1) is 24.1 Å². The minimum atomic E-state index is -0.462. The highest BCUT2D eigenvalue weighted by Gasteiger charge is 2.21. The molecule has 33 heavy (non-hydrogen) atoms. The van der Waals surface area contributed by atoms with Crippen LogP contribution in [0.1, 0.15) is 49.0 Å². The minimum absolute atomic E-state index is 0.368. The van der Waals surface area contributed by atoms with Crippen LogP contribution < -0.4 is 10.1 Å². The predicted molar refractivity (Wildman–Crippen MR) is 120 cm³/mol. The summed E-state index contributed by atoms with van der Waals surface area (Å²) in [5.41, 5.74) is 4.54. The van der Waals surface area contributed by atoms with Gasteiger partial charge in [-0.05, 0) is 63.5 Å². The number of nitriles is 1. The average Bonchev–Trinajstić information content (AvgIpc) is 3.43. The lowest BCUT2D eigenvalue weighted by Crippen LogP contribution is -2.30. The first kappa shape index (κ1) is 21.1. The Morgan fingerprint density at radius 1 is 1.18 bits per heavy atom. The predicted octanol–water partition coefficient (Wildman–Crippen LogP) is 3.98. The molecule has 5 heterocycles. The van der Waals surface area contributed by atoms with Crippen molar-refractivity contribution in [3.8, 4) is 23.1 Å². The number of hydrogen-bond acceptors (Lipinski definition) is 6. The van der Waals surface area contributed by atoms with E-state index in [1.807, 2.05) is 25.3 Å². The van der Waals surface area contributed by atoms with Gasteiger partial charge in [0.05, 0.1) is 30.3 Å². The van der Waals surface area contributed by atoms with E-state index in [0.717, 1.165) is 48.9 Å². The molecule has 1 aliphatic heterocycles. The molecule has 1 unspecified atom stereocenters. The first-order valence-corrected chi connectivity index (χ1v) is 11.0. The van der Waals surface area contributed by atoms with E-state index in [1.165, 1.54) is 12.3 Å².